The Balaban J connectivity index is 1.69. The molecule has 2 aromatic carbocycles. The molecule has 9 heteroatoms. The molecule has 1 aliphatic rings. The molecule has 0 spiro atoms. The van der Waals surface area contributed by atoms with Gasteiger partial charge in [-0.25, -0.2) is 8.42 Å². The standard InChI is InChI=1S/C29H41N3O5S/c1-23(29(34)30-25-15-8-5-9-16-25)31(22-20-24-13-6-4-7-14-24)28(33)19-12-21-32(38(3,35)36)26-17-10-11-18-27(26)37-2/h4,6-7,10-11,13-14,17-18,23,25H,5,8-9,12,15-16,19-22H2,1-3H3,(H,30,34)/t23-/m1/s1. The number of nitrogens with one attached hydrogen (secondary N) is 1. The first-order valence-corrected chi connectivity index (χ1v) is 15.3. The van der Waals surface area contributed by atoms with Crippen LogP contribution >= 0.6 is 0 Å². The first-order chi connectivity index (χ1) is 18.2. The average molecular weight is 544 g/mol. The fourth-order valence-corrected chi connectivity index (χ4v) is 5.93. The second kappa shape index (κ2) is 14.2. The van der Waals surface area contributed by atoms with Crippen LogP contribution in [-0.2, 0) is 26.0 Å². The van der Waals surface area contributed by atoms with Crippen molar-refractivity contribution in [2.75, 3.05) is 30.8 Å². The van der Waals surface area contributed by atoms with Crippen LogP contribution in [-0.4, -0.2) is 63.7 Å². The highest BCUT2D eigenvalue weighted by molar-refractivity contribution is 7.92. The summed E-state index contributed by atoms with van der Waals surface area (Å²) in [5, 5.41) is 3.15. The zero-order chi connectivity index (χ0) is 27.5. The Morgan fingerprint density at radius 3 is 2.32 bits per heavy atom. The second-order valence-corrected chi connectivity index (χ2v) is 11.9. The summed E-state index contributed by atoms with van der Waals surface area (Å²) in [4.78, 5) is 28.2. The van der Waals surface area contributed by atoms with E-state index in [2.05, 4.69) is 5.32 Å². The van der Waals surface area contributed by atoms with Gasteiger partial charge in [0, 0.05) is 25.6 Å². The molecule has 2 aromatic rings. The van der Waals surface area contributed by atoms with E-state index >= 15 is 0 Å². The van der Waals surface area contributed by atoms with Gasteiger partial charge >= 0.3 is 0 Å². The minimum Gasteiger partial charge on any atom is -0.495 e. The van der Waals surface area contributed by atoms with Crippen molar-refractivity contribution in [1.29, 1.82) is 0 Å². The third-order valence-electron chi connectivity index (χ3n) is 7.11. The summed E-state index contributed by atoms with van der Waals surface area (Å²) in [5.74, 6) is 0.146. The lowest BCUT2D eigenvalue weighted by Gasteiger charge is -2.31. The summed E-state index contributed by atoms with van der Waals surface area (Å²) < 4.78 is 31.8. The van der Waals surface area contributed by atoms with Crippen LogP contribution in [0.3, 0.4) is 0 Å². The van der Waals surface area contributed by atoms with Gasteiger partial charge in [-0.1, -0.05) is 61.7 Å². The molecule has 1 aliphatic carbocycles. The van der Waals surface area contributed by atoms with Gasteiger partial charge in [-0.05, 0) is 50.3 Å². The fraction of sp³-hybridized carbons (Fsp3) is 0.517. The molecule has 8 nitrogen and oxygen atoms in total. The minimum absolute atomic E-state index is 0.122. The summed E-state index contributed by atoms with van der Waals surface area (Å²) in [6.07, 6.45) is 7.57. The number of nitrogens with zero attached hydrogens (tertiary/aromatic N) is 2. The summed E-state index contributed by atoms with van der Waals surface area (Å²) in [6.45, 7) is 2.31. The van der Waals surface area contributed by atoms with Gasteiger partial charge in [-0.15, -0.1) is 0 Å². The summed E-state index contributed by atoms with van der Waals surface area (Å²) >= 11 is 0. The number of hydrogen-bond acceptors (Lipinski definition) is 5. The molecule has 0 aliphatic heterocycles. The number of carbonyl (C=O) groups excluding carboxylic acids is 2. The third-order valence-corrected chi connectivity index (χ3v) is 8.29. The van der Waals surface area contributed by atoms with Crippen LogP contribution in [0.4, 0.5) is 5.69 Å². The van der Waals surface area contributed by atoms with Crippen LogP contribution in [0.5, 0.6) is 5.75 Å². The SMILES string of the molecule is COc1ccccc1N(CCCC(=O)N(CCc1ccccc1)[C@H](C)C(=O)NC1CCCCC1)S(C)(=O)=O. The number of amides is 2. The highest BCUT2D eigenvalue weighted by Crippen LogP contribution is 2.29. The predicted molar refractivity (Wildman–Crippen MR) is 151 cm³/mol. The number of rotatable bonds is 13. The first-order valence-electron chi connectivity index (χ1n) is 13.4. The molecule has 0 saturated heterocycles. The van der Waals surface area contributed by atoms with Crippen molar-refractivity contribution in [2.45, 2.75) is 70.4 Å². The van der Waals surface area contributed by atoms with Gasteiger partial charge < -0.3 is 15.0 Å². The van der Waals surface area contributed by atoms with Crippen molar-refractivity contribution >= 4 is 27.5 Å². The van der Waals surface area contributed by atoms with E-state index in [0.717, 1.165) is 37.5 Å². The number of hydrogen-bond donors (Lipinski definition) is 1. The van der Waals surface area contributed by atoms with E-state index in [0.29, 0.717) is 30.8 Å². The lowest BCUT2D eigenvalue weighted by molar-refractivity contribution is -0.140. The summed E-state index contributed by atoms with van der Waals surface area (Å²) in [7, 11) is -2.10. The predicted octanol–water partition coefficient (Wildman–Crippen LogP) is 4.15. The zero-order valence-electron chi connectivity index (χ0n) is 22.8. The molecule has 0 bridgehead atoms. The smallest absolute Gasteiger partial charge is 0.242 e. The van der Waals surface area contributed by atoms with E-state index in [1.165, 1.54) is 17.8 Å². The Kier molecular flexibility index (Phi) is 11.0. The van der Waals surface area contributed by atoms with Crippen LogP contribution in [0.25, 0.3) is 0 Å². The van der Waals surface area contributed by atoms with Crippen LogP contribution < -0.4 is 14.4 Å². The molecule has 1 atom stereocenters. The molecule has 2 amide bonds. The second-order valence-electron chi connectivity index (χ2n) is 9.95. The minimum atomic E-state index is -3.60. The first kappa shape index (κ1) is 29.5. The lowest BCUT2D eigenvalue weighted by atomic mass is 9.95. The van der Waals surface area contributed by atoms with Crippen LogP contribution in [0.2, 0.25) is 0 Å². The summed E-state index contributed by atoms with van der Waals surface area (Å²) in [5.41, 5.74) is 1.52. The molecule has 0 aromatic heterocycles. The van der Waals surface area contributed by atoms with Gasteiger partial charge in [-0.3, -0.25) is 13.9 Å². The van der Waals surface area contributed by atoms with Gasteiger partial charge in [-0.2, -0.15) is 0 Å². The average Bonchev–Trinajstić information content (AvgIpc) is 2.91. The molecule has 208 valence electrons. The van der Waals surface area contributed by atoms with Crippen LogP contribution in [0.15, 0.2) is 54.6 Å². The third kappa shape index (κ3) is 8.48. The number of ether oxygens (including phenoxy) is 1. The largest absolute Gasteiger partial charge is 0.495 e. The van der Waals surface area contributed by atoms with E-state index < -0.39 is 16.1 Å². The Morgan fingerprint density at radius 2 is 1.66 bits per heavy atom. The molecule has 1 fully saturated rings. The van der Waals surface area contributed by atoms with E-state index in [-0.39, 0.29) is 30.8 Å². The molecule has 1 N–H and O–H groups in total. The van der Waals surface area contributed by atoms with Crippen molar-refractivity contribution < 1.29 is 22.7 Å². The maximum atomic E-state index is 13.4. The van der Waals surface area contributed by atoms with E-state index in [1.807, 2.05) is 30.3 Å². The van der Waals surface area contributed by atoms with Gasteiger partial charge in [0.1, 0.15) is 11.8 Å². The molecule has 0 heterocycles. The molecule has 0 unspecified atom stereocenters. The number of methoxy groups -OCH3 is 1. The number of carbonyl (C=O) groups is 2. The van der Waals surface area contributed by atoms with Crippen LogP contribution in [0.1, 0.15) is 57.4 Å². The maximum Gasteiger partial charge on any atom is 0.242 e. The zero-order valence-corrected chi connectivity index (χ0v) is 23.6. The highest BCUT2D eigenvalue weighted by atomic mass is 32.2. The van der Waals surface area contributed by atoms with Crippen molar-refractivity contribution in [2.24, 2.45) is 0 Å². The molecule has 1 saturated carbocycles. The normalized spacial score (nSPS) is 14.9. The number of para-hydroxylation sites is 2. The Hall–Kier alpha value is -3.07. The molecular weight excluding hydrogens is 502 g/mol. The molecule has 38 heavy (non-hydrogen) atoms. The molecule has 3 rings (SSSR count). The van der Waals surface area contributed by atoms with Crippen molar-refractivity contribution in [1.82, 2.24) is 10.2 Å². The lowest BCUT2D eigenvalue weighted by Crippen LogP contribution is -2.51. The number of sulfonamides is 1. The monoisotopic (exact) mass is 543 g/mol. The van der Waals surface area contributed by atoms with Crippen molar-refractivity contribution in [3.05, 3.63) is 60.2 Å². The fourth-order valence-electron chi connectivity index (χ4n) is 4.96. The van der Waals surface area contributed by atoms with Crippen LogP contribution in [0, 0.1) is 0 Å². The Bertz CT molecular complexity index is 1150. The van der Waals surface area contributed by atoms with Gasteiger partial charge in [0.25, 0.3) is 0 Å². The highest BCUT2D eigenvalue weighted by Gasteiger charge is 2.28. The van der Waals surface area contributed by atoms with Gasteiger partial charge in [0.2, 0.25) is 21.8 Å². The quantitative estimate of drug-likeness (QED) is 0.410. The molecule has 0 radical (unpaired) electrons. The maximum absolute atomic E-state index is 13.4. The molecular formula is C29H41N3O5S. The summed E-state index contributed by atoms with van der Waals surface area (Å²) in [6, 6.07) is 16.3. The Labute approximate surface area is 227 Å². The van der Waals surface area contributed by atoms with Crippen molar-refractivity contribution in [3.8, 4) is 5.75 Å². The topological polar surface area (TPSA) is 96.0 Å². The van der Waals surface area contributed by atoms with E-state index in [1.54, 1.807) is 36.1 Å². The van der Waals surface area contributed by atoms with Crippen molar-refractivity contribution in [3.63, 3.8) is 0 Å². The van der Waals surface area contributed by atoms with Gasteiger partial charge in [0.05, 0.1) is 19.1 Å². The van der Waals surface area contributed by atoms with E-state index in [4.69, 9.17) is 4.74 Å². The number of benzene rings is 2. The Morgan fingerprint density at radius 1 is 1.00 bits per heavy atom. The van der Waals surface area contributed by atoms with Gasteiger partial charge in [0.15, 0.2) is 0 Å². The van der Waals surface area contributed by atoms with E-state index in [9.17, 15) is 18.0 Å². The number of anilines is 1.